The largest absolute Gasteiger partial charge is 0.298 e. The van der Waals surface area contributed by atoms with E-state index in [9.17, 15) is 9.18 Å². The van der Waals surface area contributed by atoms with Gasteiger partial charge in [-0.2, -0.15) is 0 Å². The van der Waals surface area contributed by atoms with E-state index in [0.29, 0.717) is 32.3 Å². The molecule has 0 spiro atoms. The molecule has 0 saturated carbocycles. The summed E-state index contributed by atoms with van der Waals surface area (Å²) in [5.74, 6) is 0.289. The number of pyridine rings is 1. The van der Waals surface area contributed by atoms with Crippen molar-refractivity contribution in [1.29, 1.82) is 0 Å². The maximum absolute atomic E-state index is 13.4. The van der Waals surface area contributed by atoms with Crippen LogP contribution in [0, 0.1) is 12.7 Å². The van der Waals surface area contributed by atoms with Crippen LogP contribution in [0.1, 0.15) is 23.9 Å². The predicted molar refractivity (Wildman–Crippen MR) is 106 cm³/mol. The molecule has 144 valence electrons. The standard InChI is InChI=1S/C21H22FN5O/c1-3-19-15(2)24-21-26(18-9-7-16(22)8-10-18)13-25(14-27(21)20(19)28)12-17-6-4-5-11-23-17/h4-11H,3,12-14H2,1-2H3. The third-order valence-electron chi connectivity index (χ3n) is 4.98. The number of aromatic nitrogens is 3. The molecule has 4 rings (SSSR count). The Morgan fingerprint density at radius 3 is 2.57 bits per heavy atom. The Bertz CT molecular complexity index is 1030. The lowest BCUT2D eigenvalue weighted by molar-refractivity contribution is 0.187. The van der Waals surface area contributed by atoms with E-state index in [-0.39, 0.29) is 11.4 Å². The number of fused-ring (bicyclic) bond motifs is 1. The summed E-state index contributed by atoms with van der Waals surface area (Å²) >= 11 is 0. The van der Waals surface area contributed by atoms with E-state index in [0.717, 1.165) is 22.6 Å². The topological polar surface area (TPSA) is 54.3 Å². The molecule has 0 atom stereocenters. The minimum Gasteiger partial charge on any atom is -0.298 e. The molecule has 0 bridgehead atoms. The van der Waals surface area contributed by atoms with Gasteiger partial charge in [0.25, 0.3) is 5.56 Å². The van der Waals surface area contributed by atoms with Crippen molar-refractivity contribution in [2.45, 2.75) is 33.5 Å². The van der Waals surface area contributed by atoms with Crippen LogP contribution in [-0.2, 0) is 19.6 Å². The molecule has 0 N–H and O–H groups in total. The van der Waals surface area contributed by atoms with Gasteiger partial charge in [-0.3, -0.25) is 24.1 Å². The van der Waals surface area contributed by atoms with Crippen molar-refractivity contribution < 1.29 is 4.39 Å². The normalized spacial score (nSPS) is 14.2. The second kappa shape index (κ2) is 7.52. The molecule has 1 aliphatic heterocycles. The quantitative estimate of drug-likeness (QED) is 0.697. The number of aryl methyl sites for hydroxylation is 1. The fourth-order valence-corrected chi connectivity index (χ4v) is 3.57. The summed E-state index contributed by atoms with van der Waals surface area (Å²) in [6.45, 7) is 5.39. The van der Waals surface area contributed by atoms with Crippen LogP contribution in [-0.4, -0.2) is 26.1 Å². The highest BCUT2D eigenvalue weighted by molar-refractivity contribution is 5.58. The molecule has 2 aromatic heterocycles. The smallest absolute Gasteiger partial charge is 0.259 e. The first-order valence-corrected chi connectivity index (χ1v) is 9.32. The number of nitrogens with zero attached hydrogens (tertiary/aromatic N) is 5. The van der Waals surface area contributed by atoms with Crippen LogP contribution in [0.25, 0.3) is 0 Å². The monoisotopic (exact) mass is 379 g/mol. The summed E-state index contributed by atoms with van der Waals surface area (Å²) < 4.78 is 15.1. The first-order valence-electron chi connectivity index (χ1n) is 9.32. The van der Waals surface area contributed by atoms with Gasteiger partial charge < -0.3 is 0 Å². The number of halogens is 1. The van der Waals surface area contributed by atoms with Crippen molar-refractivity contribution in [2.24, 2.45) is 0 Å². The van der Waals surface area contributed by atoms with Crippen molar-refractivity contribution >= 4 is 11.6 Å². The summed E-state index contributed by atoms with van der Waals surface area (Å²) in [5, 5.41) is 0. The highest BCUT2D eigenvalue weighted by Crippen LogP contribution is 2.28. The summed E-state index contributed by atoms with van der Waals surface area (Å²) in [6.07, 6.45) is 2.39. The Hall–Kier alpha value is -3.06. The van der Waals surface area contributed by atoms with Crippen LogP contribution in [0.2, 0.25) is 0 Å². The molecule has 0 radical (unpaired) electrons. The summed E-state index contributed by atoms with van der Waals surface area (Å²) in [4.78, 5) is 26.3. The average Bonchev–Trinajstić information content (AvgIpc) is 2.70. The first-order chi connectivity index (χ1) is 13.6. The predicted octanol–water partition coefficient (Wildman–Crippen LogP) is 3.22. The van der Waals surface area contributed by atoms with Crippen molar-refractivity contribution in [3.05, 3.63) is 81.8 Å². The molecule has 6 nitrogen and oxygen atoms in total. The van der Waals surface area contributed by atoms with Gasteiger partial charge in [0.1, 0.15) is 5.82 Å². The second-order valence-corrected chi connectivity index (χ2v) is 6.90. The molecule has 0 fully saturated rings. The molecule has 1 aromatic carbocycles. The van der Waals surface area contributed by atoms with Crippen LogP contribution < -0.4 is 10.5 Å². The number of anilines is 2. The minimum absolute atomic E-state index is 0.0252. The highest BCUT2D eigenvalue weighted by Gasteiger charge is 2.27. The summed E-state index contributed by atoms with van der Waals surface area (Å²) in [7, 11) is 0. The van der Waals surface area contributed by atoms with Gasteiger partial charge in [0.2, 0.25) is 5.95 Å². The van der Waals surface area contributed by atoms with Crippen molar-refractivity contribution in [3.63, 3.8) is 0 Å². The van der Waals surface area contributed by atoms with Crippen LogP contribution in [0.5, 0.6) is 0 Å². The fraction of sp³-hybridized carbons (Fsp3) is 0.286. The Morgan fingerprint density at radius 2 is 1.89 bits per heavy atom. The zero-order valence-electron chi connectivity index (χ0n) is 16.0. The average molecular weight is 379 g/mol. The van der Waals surface area contributed by atoms with E-state index in [1.165, 1.54) is 12.1 Å². The van der Waals surface area contributed by atoms with E-state index >= 15 is 0 Å². The van der Waals surface area contributed by atoms with E-state index in [2.05, 4.69) is 9.88 Å². The number of hydrogen-bond acceptors (Lipinski definition) is 5. The minimum atomic E-state index is -0.297. The lowest BCUT2D eigenvalue weighted by Gasteiger charge is -2.38. The van der Waals surface area contributed by atoms with Crippen molar-refractivity contribution in [2.75, 3.05) is 11.6 Å². The van der Waals surface area contributed by atoms with Gasteiger partial charge in [0.05, 0.1) is 19.0 Å². The van der Waals surface area contributed by atoms with Crippen molar-refractivity contribution in [3.8, 4) is 0 Å². The van der Waals surface area contributed by atoms with Crippen LogP contribution >= 0.6 is 0 Å². The summed E-state index contributed by atoms with van der Waals surface area (Å²) in [5.41, 5.74) is 3.15. The maximum atomic E-state index is 13.4. The SMILES string of the molecule is CCc1c(C)nc2n(c1=O)CN(Cc1ccccn1)CN2c1ccc(F)cc1. The molecule has 0 aliphatic carbocycles. The van der Waals surface area contributed by atoms with E-state index in [4.69, 9.17) is 4.98 Å². The fourth-order valence-electron chi connectivity index (χ4n) is 3.57. The van der Waals surface area contributed by atoms with E-state index < -0.39 is 0 Å². The van der Waals surface area contributed by atoms with Gasteiger partial charge in [-0.05, 0) is 49.7 Å². The lowest BCUT2D eigenvalue weighted by atomic mass is 10.2. The number of hydrogen-bond donors (Lipinski definition) is 0. The zero-order chi connectivity index (χ0) is 19.7. The molecule has 7 heteroatoms. The molecule has 3 aromatic rings. The van der Waals surface area contributed by atoms with Crippen LogP contribution in [0.3, 0.4) is 0 Å². The Balaban J connectivity index is 1.79. The molecule has 0 saturated heterocycles. The molecular formula is C21H22FN5O. The molecule has 3 heterocycles. The third kappa shape index (κ3) is 3.41. The Morgan fingerprint density at radius 1 is 1.11 bits per heavy atom. The maximum Gasteiger partial charge on any atom is 0.259 e. The summed E-state index contributed by atoms with van der Waals surface area (Å²) in [6, 6.07) is 12.0. The highest BCUT2D eigenvalue weighted by atomic mass is 19.1. The Kier molecular flexibility index (Phi) is 4.92. The molecule has 28 heavy (non-hydrogen) atoms. The number of rotatable bonds is 4. The lowest BCUT2D eigenvalue weighted by Crippen LogP contribution is -2.47. The van der Waals surface area contributed by atoms with E-state index in [1.807, 2.05) is 36.9 Å². The molecular weight excluding hydrogens is 357 g/mol. The van der Waals surface area contributed by atoms with E-state index in [1.54, 1.807) is 22.9 Å². The third-order valence-corrected chi connectivity index (χ3v) is 4.98. The van der Waals surface area contributed by atoms with Crippen LogP contribution in [0.15, 0.2) is 53.5 Å². The first kappa shape index (κ1) is 18.3. The number of benzene rings is 1. The van der Waals surface area contributed by atoms with Crippen LogP contribution in [0.4, 0.5) is 16.0 Å². The molecule has 1 aliphatic rings. The molecule has 0 unspecified atom stereocenters. The van der Waals surface area contributed by atoms with Gasteiger partial charge in [-0.1, -0.05) is 13.0 Å². The van der Waals surface area contributed by atoms with Gasteiger partial charge in [-0.25, -0.2) is 9.37 Å². The molecule has 0 amide bonds. The van der Waals surface area contributed by atoms with Gasteiger partial charge in [0.15, 0.2) is 0 Å². The zero-order valence-corrected chi connectivity index (χ0v) is 16.0. The van der Waals surface area contributed by atoms with Crippen molar-refractivity contribution in [1.82, 2.24) is 19.4 Å². The van der Waals surface area contributed by atoms with Gasteiger partial charge in [-0.15, -0.1) is 0 Å². The van der Waals surface area contributed by atoms with Gasteiger partial charge >= 0.3 is 0 Å². The van der Waals surface area contributed by atoms with Gasteiger partial charge in [0, 0.05) is 29.7 Å². The second-order valence-electron chi connectivity index (χ2n) is 6.90. The Labute approximate surface area is 162 Å².